The minimum Gasteiger partial charge on any atom is -0.299 e. The Labute approximate surface area is 213 Å². The molecule has 35 heavy (non-hydrogen) atoms. The molecule has 2 saturated carbocycles. The standard InChI is InChI=1S/C33H43NO/c1-3-5-6-8-25-9-11-26(12-10-25)27-13-15-28(16-14-27)29-19-21-33(24-34,22-20-29)31-18-17-30(7-4-2)32(35)23-31/h9-16,29-31H,3-8,17-23H2,1-2H3/t29-,30-,31-,33+/m1/s1. The van der Waals surface area contributed by atoms with E-state index in [2.05, 4.69) is 68.4 Å². The summed E-state index contributed by atoms with van der Waals surface area (Å²) in [6.07, 6.45) is 13.8. The van der Waals surface area contributed by atoms with Gasteiger partial charge in [-0.1, -0.05) is 81.6 Å². The van der Waals surface area contributed by atoms with Crippen molar-refractivity contribution in [3.8, 4) is 17.2 Å². The second-order valence-corrected chi connectivity index (χ2v) is 11.2. The van der Waals surface area contributed by atoms with E-state index in [1.54, 1.807) is 0 Å². The number of hydrogen-bond acceptors (Lipinski definition) is 2. The molecule has 0 amide bonds. The third-order valence-electron chi connectivity index (χ3n) is 9.02. The van der Waals surface area contributed by atoms with Gasteiger partial charge in [-0.05, 0) is 91.9 Å². The summed E-state index contributed by atoms with van der Waals surface area (Å²) in [6.45, 7) is 4.41. The molecule has 0 aliphatic heterocycles. The predicted molar refractivity (Wildman–Crippen MR) is 145 cm³/mol. The van der Waals surface area contributed by atoms with Crippen molar-refractivity contribution in [1.82, 2.24) is 0 Å². The summed E-state index contributed by atoms with van der Waals surface area (Å²) >= 11 is 0. The van der Waals surface area contributed by atoms with Crippen LogP contribution in [0.25, 0.3) is 11.1 Å². The third kappa shape index (κ3) is 6.06. The van der Waals surface area contributed by atoms with Crippen LogP contribution in [-0.2, 0) is 11.2 Å². The Morgan fingerprint density at radius 3 is 2.09 bits per heavy atom. The molecule has 0 N–H and O–H groups in total. The molecule has 4 rings (SSSR count). The molecule has 2 aliphatic carbocycles. The molecule has 2 atom stereocenters. The Kier molecular flexibility index (Phi) is 8.83. The molecule has 0 aromatic heterocycles. The molecule has 2 fully saturated rings. The number of carbonyl (C=O) groups excluding carboxylic acids is 1. The normalized spacial score (nSPS) is 26.9. The number of unbranched alkanes of at least 4 members (excludes halogenated alkanes) is 2. The molecular weight excluding hydrogens is 426 g/mol. The van der Waals surface area contributed by atoms with Crippen LogP contribution in [0.3, 0.4) is 0 Å². The summed E-state index contributed by atoms with van der Waals surface area (Å²) in [4.78, 5) is 12.7. The Bertz CT molecular complexity index is 989. The van der Waals surface area contributed by atoms with Crippen molar-refractivity contribution in [2.24, 2.45) is 17.3 Å². The van der Waals surface area contributed by atoms with E-state index in [0.29, 0.717) is 18.1 Å². The van der Waals surface area contributed by atoms with Crippen LogP contribution < -0.4 is 0 Å². The summed E-state index contributed by atoms with van der Waals surface area (Å²) in [5.74, 6) is 1.46. The maximum Gasteiger partial charge on any atom is 0.136 e. The van der Waals surface area contributed by atoms with Crippen molar-refractivity contribution in [2.45, 2.75) is 103 Å². The van der Waals surface area contributed by atoms with Gasteiger partial charge >= 0.3 is 0 Å². The molecule has 2 nitrogen and oxygen atoms in total. The monoisotopic (exact) mass is 469 g/mol. The lowest BCUT2D eigenvalue weighted by Crippen LogP contribution is -2.38. The summed E-state index contributed by atoms with van der Waals surface area (Å²) in [6, 6.07) is 20.9. The third-order valence-corrected chi connectivity index (χ3v) is 9.02. The van der Waals surface area contributed by atoms with E-state index in [9.17, 15) is 10.1 Å². The van der Waals surface area contributed by atoms with Gasteiger partial charge in [0, 0.05) is 12.3 Å². The van der Waals surface area contributed by atoms with Gasteiger partial charge in [0.15, 0.2) is 0 Å². The second-order valence-electron chi connectivity index (χ2n) is 11.2. The summed E-state index contributed by atoms with van der Waals surface area (Å²) < 4.78 is 0. The number of Topliss-reactive ketones (excluding diaryl/α,β-unsaturated/α-hetero) is 1. The molecule has 0 unspecified atom stereocenters. The molecular formula is C33H43NO. The predicted octanol–water partition coefficient (Wildman–Crippen LogP) is 9.04. The number of ketones is 1. The zero-order valence-electron chi connectivity index (χ0n) is 21.9. The summed E-state index contributed by atoms with van der Waals surface area (Å²) in [5, 5.41) is 10.2. The van der Waals surface area contributed by atoms with Crippen LogP contribution >= 0.6 is 0 Å². The van der Waals surface area contributed by atoms with Crippen molar-refractivity contribution >= 4 is 5.78 Å². The second kappa shape index (κ2) is 12.0. The fraction of sp³-hybridized carbons (Fsp3) is 0.576. The highest BCUT2D eigenvalue weighted by Crippen LogP contribution is 2.51. The topological polar surface area (TPSA) is 40.9 Å². The number of rotatable bonds is 9. The molecule has 0 bridgehead atoms. The molecule has 2 aliphatic rings. The Hall–Kier alpha value is -2.40. The van der Waals surface area contributed by atoms with E-state index < -0.39 is 0 Å². The largest absolute Gasteiger partial charge is 0.299 e. The summed E-state index contributed by atoms with van der Waals surface area (Å²) in [5.41, 5.74) is 5.11. The number of aryl methyl sites for hydroxylation is 1. The molecule has 0 saturated heterocycles. The molecule has 2 aromatic rings. The fourth-order valence-electron chi connectivity index (χ4n) is 6.67. The van der Waals surface area contributed by atoms with Gasteiger partial charge in [-0.15, -0.1) is 0 Å². The number of nitrogens with zero attached hydrogens (tertiary/aromatic N) is 1. The highest BCUT2D eigenvalue weighted by Gasteiger charge is 2.45. The van der Waals surface area contributed by atoms with Crippen molar-refractivity contribution in [2.75, 3.05) is 0 Å². The Balaban J connectivity index is 1.34. The van der Waals surface area contributed by atoms with Crippen LogP contribution in [-0.4, -0.2) is 5.78 Å². The fourth-order valence-corrected chi connectivity index (χ4v) is 6.67. The Morgan fingerprint density at radius 2 is 1.51 bits per heavy atom. The van der Waals surface area contributed by atoms with Gasteiger partial charge in [0.25, 0.3) is 0 Å². The lowest BCUT2D eigenvalue weighted by atomic mass is 9.59. The molecule has 0 heterocycles. The van der Waals surface area contributed by atoms with Gasteiger partial charge in [0.1, 0.15) is 5.78 Å². The van der Waals surface area contributed by atoms with Gasteiger partial charge in [-0.2, -0.15) is 5.26 Å². The number of nitriles is 1. The first-order valence-corrected chi connectivity index (χ1v) is 14.2. The lowest BCUT2D eigenvalue weighted by molar-refractivity contribution is -0.128. The maximum absolute atomic E-state index is 12.7. The van der Waals surface area contributed by atoms with Gasteiger partial charge in [-0.25, -0.2) is 0 Å². The van der Waals surface area contributed by atoms with E-state index in [0.717, 1.165) is 51.4 Å². The highest BCUT2D eigenvalue weighted by molar-refractivity contribution is 5.82. The minimum absolute atomic E-state index is 0.249. The average Bonchev–Trinajstić information content (AvgIpc) is 2.91. The highest BCUT2D eigenvalue weighted by atomic mass is 16.1. The first-order chi connectivity index (χ1) is 17.1. The van der Waals surface area contributed by atoms with Crippen LogP contribution in [0, 0.1) is 28.6 Å². The van der Waals surface area contributed by atoms with Gasteiger partial charge in [-0.3, -0.25) is 4.79 Å². The number of carbonyl (C=O) groups is 1. The zero-order valence-corrected chi connectivity index (χ0v) is 21.9. The van der Waals surface area contributed by atoms with Crippen molar-refractivity contribution in [3.05, 3.63) is 59.7 Å². The van der Waals surface area contributed by atoms with E-state index in [4.69, 9.17) is 0 Å². The first-order valence-electron chi connectivity index (χ1n) is 14.2. The van der Waals surface area contributed by atoms with Crippen molar-refractivity contribution in [3.63, 3.8) is 0 Å². The van der Waals surface area contributed by atoms with E-state index in [-0.39, 0.29) is 17.3 Å². The van der Waals surface area contributed by atoms with Crippen LogP contribution in [0.15, 0.2) is 48.5 Å². The minimum atomic E-state index is -0.290. The van der Waals surface area contributed by atoms with E-state index in [1.165, 1.54) is 47.9 Å². The first kappa shape index (κ1) is 25.7. The van der Waals surface area contributed by atoms with E-state index in [1.807, 2.05) is 0 Å². The molecule has 0 spiro atoms. The zero-order chi connectivity index (χ0) is 24.7. The van der Waals surface area contributed by atoms with Gasteiger partial charge < -0.3 is 0 Å². The van der Waals surface area contributed by atoms with Crippen molar-refractivity contribution in [1.29, 1.82) is 5.26 Å². The molecule has 2 aromatic carbocycles. The molecule has 2 heteroatoms. The molecule has 0 radical (unpaired) electrons. The smallest absolute Gasteiger partial charge is 0.136 e. The van der Waals surface area contributed by atoms with Crippen LogP contribution in [0.4, 0.5) is 0 Å². The SMILES string of the molecule is CCCCCc1ccc(-c2ccc([C@H]3CC[C@@](C#N)([C@@H]4CC[C@@H](CCC)C(=O)C4)CC3)cc2)cc1. The lowest BCUT2D eigenvalue weighted by Gasteiger charge is -2.43. The van der Waals surface area contributed by atoms with Gasteiger partial charge in [0.05, 0.1) is 11.5 Å². The quantitative estimate of drug-likeness (QED) is 0.344. The number of benzene rings is 2. The van der Waals surface area contributed by atoms with Crippen LogP contribution in [0.5, 0.6) is 0 Å². The Morgan fingerprint density at radius 1 is 0.857 bits per heavy atom. The van der Waals surface area contributed by atoms with Gasteiger partial charge in [0.2, 0.25) is 0 Å². The maximum atomic E-state index is 12.7. The van der Waals surface area contributed by atoms with Crippen molar-refractivity contribution < 1.29 is 4.79 Å². The van der Waals surface area contributed by atoms with E-state index >= 15 is 0 Å². The van der Waals surface area contributed by atoms with Crippen LogP contribution in [0.1, 0.15) is 108 Å². The average molecular weight is 470 g/mol. The number of hydrogen-bond donors (Lipinski definition) is 0. The molecule has 186 valence electrons. The summed E-state index contributed by atoms with van der Waals surface area (Å²) in [7, 11) is 0. The van der Waals surface area contributed by atoms with Crippen LogP contribution in [0.2, 0.25) is 0 Å².